The summed E-state index contributed by atoms with van der Waals surface area (Å²) in [6, 6.07) is 3.21. The minimum Gasteiger partial charge on any atom is -0.466 e. The molecule has 0 saturated carbocycles. The third kappa shape index (κ3) is 6.46. The lowest BCUT2D eigenvalue weighted by Crippen LogP contribution is -2.47. The van der Waals surface area contributed by atoms with Gasteiger partial charge in [0.25, 0.3) is 0 Å². The van der Waals surface area contributed by atoms with Gasteiger partial charge in [0.15, 0.2) is 15.8 Å². The van der Waals surface area contributed by atoms with Gasteiger partial charge in [-0.1, -0.05) is 6.07 Å². The first kappa shape index (κ1) is 22.6. The van der Waals surface area contributed by atoms with Gasteiger partial charge >= 0.3 is 5.97 Å². The van der Waals surface area contributed by atoms with E-state index < -0.39 is 15.9 Å². The largest absolute Gasteiger partial charge is 0.466 e. The number of aliphatic imine (C=N–C) groups is 1. The van der Waals surface area contributed by atoms with Crippen LogP contribution < -0.4 is 5.32 Å². The number of aliphatic hydroxyl groups is 1. The van der Waals surface area contributed by atoms with Crippen molar-refractivity contribution in [3.63, 3.8) is 0 Å². The Morgan fingerprint density at radius 2 is 2.14 bits per heavy atom. The van der Waals surface area contributed by atoms with Gasteiger partial charge in [0.05, 0.1) is 30.9 Å². The Morgan fingerprint density at radius 3 is 2.71 bits per heavy atom. The predicted molar refractivity (Wildman–Crippen MR) is 109 cm³/mol. The second-order valence-electron chi connectivity index (χ2n) is 6.58. The third-order valence-electron chi connectivity index (χ3n) is 4.41. The highest BCUT2D eigenvalue weighted by molar-refractivity contribution is 7.93. The van der Waals surface area contributed by atoms with Gasteiger partial charge in [0, 0.05) is 19.6 Å². The number of carbonyl (C=O) groups is 1. The van der Waals surface area contributed by atoms with E-state index in [2.05, 4.69) is 10.3 Å². The van der Waals surface area contributed by atoms with Crippen LogP contribution in [0.5, 0.6) is 0 Å². The molecule has 0 bridgehead atoms. The van der Waals surface area contributed by atoms with Gasteiger partial charge in [-0.3, -0.25) is 9.79 Å². The molecule has 1 aromatic heterocycles. The van der Waals surface area contributed by atoms with E-state index in [0.717, 1.165) is 11.3 Å². The molecule has 10 heteroatoms. The average molecular weight is 432 g/mol. The Kier molecular flexibility index (Phi) is 8.71. The maximum absolute atomic E-state index is 12.3. The Bertz CT molecular complexity index is 741. The van der Waals surface area contributed by atoms with E-state index in [0.29, 0.717) is 45.0 Å². The number of hydrogen-bond donors (Lipinski definition) is 2. The Balaban J connectivity index is 1.92. The first-order valence-corrected chi connectivity index (χ1v) is 12.0. The lowest BCUT2D eigenvalue weighted by Gasteiger charge is -2.33. The van der Waals surface area contributed by atoms with E-state index in [-0.39, 0.29) is 28.4 Å². The summed E-state index contributed by atoms with van der Waals surface area (Å²) in [6.07, 6.45) is 0.273. The molecule has 2 heterocycles. The first-order valence-electron chi connectivity index (χ1n) is 9.51. The number of hydrogen-bond acceptors (Lipinski definition) is 7. The number of nitrogens with one attached hydrogen (secondary N) is 1. The standard InChI is InChI=1S/C18H29N3O5S2/c1-3-19-18(21-9-7-14(8-10-21)17(23)26-4-2)20-12-15(22)13-28(24,25)16-6-5-11-27-16/h5-6,11,14-15,22H,3-4,7-10,12-13H2,1-2H3,(H,19,20). The van der Waals surface area contributed by atoms with Gasteiger partial charge in [0.1, 0.15) is 4.21 Å². The molecular formula is C18H29N3O5S2. The molecule has 1 unspecified atom stereocenters. The van der Waals surface area contributed by atoms with E-state index in [1.807, 2.05) is 11.8 Å². The summed E-state index contributed by atoms with van der Waals surface area (Å²) in [6.45, 7) is 6.07. The highest BCUT2D eigenvalue weighted by Gasteiger charge is 2.27. The smallest absolute Gasteiger partial charge is 0.309 e. The molecule has 8 nitrogen and oxygen atoms in total. The number of aliphatic hydroxyl groups excluding tert-OH is 1. The van der Waals surface area contributed by atoms with Crippen molar-refractivity contribution < 1.29 is 23.1 Å². The van der Waals surface area contributed by atoms with Crippen LogP contribution in [0.15, 0.2) is 26.7 Å². The van der Waals surface area contributed by atoms with E-state index >= 15 is 0 Å². The summed E-state index contributed by atoms with van der Waals surface area (Å²) < 4.78 is 29.9. The van der Waals surface area contributed by atoms with Crippen molar-refractivity contribution in [2.75, 3.05) is 38.5 Å². The molecule has 0 amide bonds. The maximum atomic E-state index is 12.3. The number of likely N-dealkylation sites (tertiary alicyclic amines) is 1. The monoisotopic (exact) mass is 431 g/mol. The van der Waals surface area contributed by atoms with Gasteiger partial charge in [-0.2, -0.15) is 0 Å². The van der Waals surface area contributed by atoms with Crippen LogP contribution in [0.2, 0.25) is 0 Å². The molecular weight excluding hydrogens is 402 g/mol. The Hall–Kier alpha value is -1.65. The number of guanidine groups is 1. The van der Waals surface area contributed by atoms with E-state index in [1.165, 1.54) is 6.07 Å². The molecule has 0 aromatic carbocycles. The fourth-order valence-electron chi connectivity index (χ4n) is 3.03. The van der Waals surface area contributed by atoms with Crippen molar-refractivity contribution in [1.29, 1.82) is 0 Å². The highest BCUT2D eigenvalue weighted by atomic mass is 32.2. The van der Waals surface area contributed by atoms with Crippen molar-refractivity contribution in [3.05, 3.63) is 17.5 Å². The van der Waals surface area contributed by atoms with Crippen molar-refractivity contribution in [1.82, 2.24) is 10.2 Å². The number of piperidine rings is 1. The quantitative estimate of drug-likeness (QED) is 0.361. The molecule has 0 radical (unpaired) electrons. The number of rotatable bonds is 8. The molecule has 2 N–H and O–H groups in total. The van der Waals surface area contributed by atoms with Gasteiger partial charge in [0.2, 0.25) is 0 Å². The zero-order valence-corrected chi connectivity index (χ0v) is 18.0. The molecule has 28 heavy (non-hydrogen) atoms. The average Bonchev–Trinajstić information content (AvgIpc) is 3.21. The zero-order chi connectivity index (χ0) is 20.6. The fourth-order valence-corrected chi connectivity index (χ4v) is 5.50. The summed E-state index contributed by atoms with van der Waals surface area (Å²) in [5, 5.41) is 15.0. The lowest BCUT2D eigenvalue weighted by molar-refractivity contribution is -0.149. The third-order valence-corrected chi connectivity index (χ3v) is 7.70. The number of thiophene rings is 1. The normalized spacial score (nSPS) is 17.4. The number of sulfone groups is 1. The van der Waals surface area contributed by atoms with Crippen LogP contribution in [0, 0.1) is 5.92 Å². The van der Waals surface area contributed by atoms with Gasteiger partial charge in [-0.05, 0) is 38.1 Å². The van der Waals surface area contributed by atoms with E-state index in [1.54, 1.807) is 18.4 Å². The van der Waals surface area contributed by atoms with E-state index in [9.17, 15) is 18.3 Å². The van der Waals surface area contributed by atoms with Gasteiger partial charge < -0.3 is 20.1 Å². The Labute approximate surface area is 170 Å². The second kappa shape index (κ2) is 10.8. The van der Waals surface area contributed by atoms with Crippen LogP contribution in [0.4, 0.5) is 0 Å². The number of carbonyl (C=O) groups excluding carboxylic acids is 1. The van der Waals surface area contributed by atoms with Gasteiger partial charge in [-0.25, -0.2) is 8.42 Å². The van der Waals surface area contributed by atoms with Crippen molar-refractivity contribution in [3.8, 4) is 0 Å². The molecule has 1 fully saturated rings. The van der Waals surface area contributed by atoms with Crippen LogP contribution in [0.25, 0.3) is 0 Å². The number of nitrogens with zero attached hydrogens (tertiary/aromatic N) is 2. The number of ether oxygens (including phenoxy) is 1. The molecule has 1 aliphatic heterocycles. The molecule has 1 aromatic rings. The topological polar surface area (TPSA) is 108 Å². The van der Waals surface area contributed by atoms with Crippen LogP contribution >= 0.6 is 11.3 Å². The van der Waals surface area contributed by atoms with E-state index in [4.69, 9.17) is 4.74 Å². The first-order chi connectivity index (χ1) is 13.4. The summed E-state index contributed by atoms with van der Waals surface area (Å²) >= 11 is 1.14. The van der Waals surface area contributed by atoms with Crippen LogP contribution in [-0.4, -0.2) is 75.0 Å². The molecule has 2 rings (SSSR count). The maximum Gasteiger partial charge on any atom is 0.309 e. The van der Waals surface area contributed by atoms with Crippen LogP contribution in [0.3, 0.4) is 0 Å². The summed E-state index contributed by atoms with van der Waals surface area (Å²) in [5.74, 6) is 0.0118. The predicted octanol–water partition coefficient (Wildman–Crippen LogP) is 1.12. The second-order valence-corrected chi connectivity index (χ2v) is 9.78. The van der Waals surface area contributed by atoms with Crippen LogP contribution in [-0.2, 0) is 19.4 Å². The summed E-state index contributed by atoms with van der Waals surface area (Å²) in [5.41, 5.74) is 0. The highest BCUT2D eigenvalue weighted by Crippen LogP contribution is 2.20. The summed E-state index contributed by atoms with van der Waals surface area (Å²) in [7, 11) is -3.51. The zero-order valence-electron chi connectivity index (χ0n) is 16.3. The van der Waals surface area contributed by atoms with Crippen molar-refractivity contribution >= 4 is 33.1 Å². The molecule has 1 atom stereocenters. The molecule has 1 aliphatic rings. The minimum absolute atomic E-state index is 0.00918. The molecule has 158 valence electrons. The van der Waals surface area contributed by atoms with Crippen molar-refractivity contribution in [2.45, 2.75) is 37.0 Å². The minimum atomic E-state index is -3.51. The summed E-state index contributed by atoms with van der Waals surface area (Å²) in [4.78, 5) is 18.3. The molecule has 0 aliphatic carbocycles. The molecule has 0 spiro atoms. The lowest BCUT2D eigenvalue weighted by atomic mass is 9.97. The van der Waals surface area contributed by atoms with Crippen molar-refractivity contribution in [2.24, 2.45) is 10.9 Å². The molecule has 1 saturated heterocycles. The fraction of sp³-hybridized carbons (Fsp3) is 0.667. The Morgan fingerprint density at radius 1 is 1.43 bits per heavy atom. The van der Waals surface area contributed by atoms with Crippen LogP contribution in [0.1, 0.15) is 26.7 Å². The SMILES string of the molecule is CCNC(=NCC(O)CS(=O)(=O)c1cccs1)N1CCC(C(=O)OCC)CC1. The van der Waals surface area contributed by atoms with Gasteiger partial charge in [-0.15, -0.1) is 11.3 Å². The number of esters is 1.